The van der Waals surface area contributed by atoms with Gasteiger partial charge in [0.25, 0.3) is 0 Å². The average Bonchev–Trinajstić information content (AvgIpc) is 3.17. The molecule has 150 valence electrons. The number of rotatable bonds is 5. The van der Waals surface area contributed by atoms with Gasteiger partial charge in [0, 0.05) is 17.6 Å². The zero-order valence-corrected chi connectivity index (χ0v) is 17.5. The number of alkyl halides is 3. The molecule has 1 fully saturated rings. The number of benzene rings is 2. The van der Waals surface area contributed by atoms with Crippen LogP contribution in [0.3, 0.4) is 0 Å². The van der Waals surface area contributed by atoms with Gasteiger partial charge in [0.2, 0.25) is 5.75 Å². The Morgan fingerprint density at radius 2 is 1.86 bits per heavy atom. The van der Waals surface area contributed by atoms with Crippen molar-refractivity contribution in [3.05, 3.63) is 56.0 Å². The molecule has 5 nitrogen and oxygen atoms in total. The molecule has 0 aliphatic carbocycles. The molecule has 2 aromatic rings. The molecule has 11 heteroatoms. The molecule has 0 N–H and O–H groups in total. The SMILES string of the molecule is COc1cc(C2SCCS2)cc(Br)c1Oc1ccc(C(F)(F)F)cc1[N+](=O)[O-]. The highest BCUT2D eigenvalue weighted by Gasteiger charge is 2.34. The van der Waals surface area contributed by atoms with E-state index < -0.39 is 22.4 Å². The highest BCUT2D eigenvalue weighted by atomic mass is 79.9. The number of ether oxygens (including phenoxy) is 2. The molecule has 3 rings (SSSR count). The lowest BCUT2D eigenvalue weighted by Gasteiger charge is -2.16. The van der Waals surface area contributed by atoms with Gasteiger partial charge in [0.05, 0.1) is 26.7 Å². The van der Waals surface area contributed by atoms with Gasteiger partial charge >= 0.3 is 11.9 Å². The van der Waals surface area contributed by atoms with Crippen molar-refractivity contribution in [2.24, 2.45) is 0 Å². The summed E-state index contributed by atoms with van der Waals surface area (Å²) in [5.74, 6) is 2.24. The summed E-state index contributed by atoms with van der Waals surface area (Å²) in [6.07, 6.45) is -4.69. The minimum atomic E-state index is -4.69. The van der Waals surface area contributed by atoms with E-state index in [4.69, 9.17) is 9.47 Å². The first-order chi connectivity index (χ1) is 13.2. The van der Waals surface area contributed by atoms with Gasteiger partial charge in [-0.25, -0.2) is 0 Å². The van der Waals surface area contributed by atoms with E-state index in [0.717, 1.165) is 29.2 Å². The Morgan fingerprint density at radius 3 is 2.43 bits per heavy atom. The van der Waals surface area contributed by atoms with Crippen molar-refractivity contribution in [2.75, 3.05) is 18.6 Å². The molecule has 1 heterocycles. The minimum Gasteiger partial charge on any atom is -0.493 e. The van der Waals surface area contributed by atoms with Gasteiger partial charge in [-0.3, -0.25) is 10.1 Å². The molecule has 0 saturated carbocycles. The summed E-state index contributed by atoms with van der Waals surface area (Å²) in [6, 6.07) is 5.72. The lowest BCUT2D eigenvalue weighted by molar-refractivity contribution is -0.385. The van der Waals surface area contributed by atoms with Crippen LogP contribution in [-0.2, 0) is 6.18 Å². The summed E-state index contributed by atoms with van der Waals surface area (Å²) in [6.45, 7) is 0. The maximum atomic E-state index is 12.9. The van der Waals surface area contributed by atoms with E-state index in [1.807, 2.05) is 6.07 Å². The molecular weight excluding hydrogens is 483 g/mol. The van der Waals surface area contributed by atoms with E-state index >= 15 is 0 Å². The number of nitrogens with zero attached hydrogens (tertiary/aromatic N) is 1. The van der Waals surface area contributed by atoms with Crippen molar-refractivity contribution in [1.82, 2.24) is 0 Å². The van der Waals surface area contributed by atoms with Crippen LogP contribution in [0.2, 0.25) is 0 Å². The third kappa shape index (κ3) is 4.52. The molecule has 1 aliphatic heterocycles. The molecule has 0 spiro atoms. The van der Waals surface area contributed by atoms with Crippen LogP contribution in [0.1, 0.15) is 15.7 Å². The van der Waals surface area contributed by atoms with Gasteiger partial charge in [0.1, 0.15) is 0 Å². The Bertz CT molecular complexity index is 905. The molecule has 0 aromatic heterocycles. The fraction of sp³-hybridized carbons (Fsp3) is 0.294. The Hall–Kier alpha value is -1.59. The maximum Gasteiger partial charge on any atom is 0.416 e. The van der Waals surface area contributed by atoms with Crippen LogP contribution in [0.5, 0.6) is 17.2 Å². The van der Waals surface area contributed by atoms with Crippen molar-refractivity contribution < 1.29 is 27.6 Å². The number of halogens is 4. The van der Waals surface area contributed by atoms with Crippen LogP contribution in [0.25, 0.3) is 0 Å². The monoisotopic (exact) mass is 495 g/mol. The second-order valence-electron chi connectivity index (χ2n) is 5.65. The Labute approximate surface area is 175 Å². The molecule has 28 heavy (non-hydrogen) atoms. The second kappa shape index (κ2) is 8.42. The van der Waals surface area contributed by atoms with Gasteiger partial charge in [0.15, 0.2) is 11.5 Å². The fourth-order valence-corrected chi connectivity index (χ4v) is 5.92. The summed E-state index contributed by atoms with van der Waals surface area (Å²) < 4.78 is 50.3. The molecule has 0 bridgehead atoms. The van der Waals surface area contributed by atoms with E-state index in [0.29, 0.717) is 16.3 Å². The molecular formula is C17H13BrF3NO4S2. The van der Waals surface area contributed by atoms with E-state index in [2.05, 4.69) is 15.9 Å². The standard InChI is InChI=1S/C17H13BrF3NO4S2/c1-25-14-7-9(16-27-4-5-28-16)6-11(18)15(14)26-13-3-2-10(17(19,20)21)8-12(13)22(23)24/h2-3,6-8,16H,4-5H2,1H3. The van der Waals surface area contributed by atoms with E-state index in [-0.39, 0.29) is 16.1 Å². The first-order valence-electron chi connectivity index (χ1n) is 7.85. The number of nitro benzene ring substituents is 1. The van der Waals surface area contributed by atoms with Crippen molar-refractivity contribution >= 4 is 45.1 Å². The van der Waals surface area contributed by atoms with Crippen LogP contribution in [0.15, 0.2) is 34.8 Å². The lowest BCUT2D eigenvalue weighted by Crippen LogP contribution is -2.06. The number of nitro groups is 1. The van der Waals surface area contributed by atoms with E-state index in [1.54, 1.807) is 29.6 Å². The third-order valence-electron chi connectivity index (χ3n) is 3.84. The number of hydrogen-bond acceptors (Lipinski definition) is 6. The quantitative estimate of drug-likeness (QED) is 0.341. The summed E-state index contributed by atoms with van der Waals surface area (Å²) in [4.78, 5) is 10.4. The minimum absolute atomic E-state index is 0.155. The lowest BCUT2D eigenvalue weighted by atomic mass is 10.1. The molecule has 2 aromatic carbocycles. The average molecular weight is 496 g/mol. The van der Waals surface area contributed by atoms with E-state index in [1.165, 1.54) is 7.11 Å². The number of methoxy groups -OCH3 is 1. The van der Waals surface area contributed by atoms with Crippen molar-refractivity contribution in [3.63, 3.8) is 0 Å². The predicted molar refractivity (Wildman–Crippen MR) is 107 cm³/mol. The van der Waals surface area contributed by atoms with Crippen LogP contribution in [-0.4, -0.2) is 23.5 Å². The first-order valence-corrected chi connectivity index (χ1v) is 10.7. The topological polar surface area (TPSA) is 61.6 Å². The smallest absolute Gasteiger partial charge is 0.416 e. The molecule has 0 amide bonds. The summed E-state index contributed by atoms with van der Waals surface area (Å²) >= 11 is 6.96. The van der Waals surface area contributed by atoms with Crippen LogP contribution < -0.4 is 9.47 Å². The van der Waals surface area contributed by atoms with Crippen LogP contribution in [0, 0.1) is 10.1 Å². The van der Waals surface area contributed by atoms with Crippen LogP contribution >= 0.6 is 39.5 Å². The van der Waals surface area contributed by atoms with Crippen LogP contribution in [0.4, 0.5) is 18.9 Å². The van der Waals surface area contributed by atoms with Gasteiger partial charge in [-0.05, 0) is 45.8 Å². The van der Waals surface area contributed by atoms with Gasteiger partial charge < -0.3 is 9.47 Å². The third-order valence-corrected chi connectivity index (χ3v) is 7.53. The van der Waals surface area contributed by atoms with Gasteiger partial charge in [-0.1, -0.05) is 0 Å². The number of thioether (sulfide) groups is 2. The molecule has 0 radical (unpaired) electrons. The highest BCUT2D eigenvalue weighted by Crippen LogP contribution is 2.50. The van der Waals surface area contributed by atoms with Crippen molar-refractivity contribution in [1.29, 1.82) is 0 Å². The molecule has 1 saturated heterocycles. The van der Waals surface area contributed by atoms with E-state index in [9.17, 15) is 23.3 Å². The molecule has 1 aliphatic rings. The zero-order valence-electron chi connectivity index (χ0n) is 14.3. The Balaban J connectivity index is 2.00. The predicted octanol–water partition coefficient (Wildman–Crippen LogP) is 6.66. The second-order valence-corrected chi connectivity index (χ2v) is 9.23. The largest absolute Gasteiger partial charge is 0.493 e. The fourth-order valence-electron chi connectivity index (χ4n) is 2.56. The first kappa shape index (κ1) is 21.1. The van der Waals surface area contributed by atoms with Crippen molar-refractivity contribution in [2.45, 2.75) is 10.8 Å². The summed E-state index contributed by atoms with van der Waals surface area (Å²) in [5.41, 5.74) is -0.913. The summed E-state index contributed by atoms with van der Waals surface area (Å²) in [5, 5.41) is 11.3. The molecule has 0 unspecified atom stereocenters. The summed E-state index contributed by atoms with van der Waals surface area (Å²) in [7, 11) is 1.43. The maximum absolute atomic E-state index is 12.9. The van der Waals surface area contributed by atoms with Gasteiger partial charge in [-0.15, -0.1) is 23.5 Å². The Kier molecular flexibility index (Phi) is 6.35. The zero-order chi connectivity index (χ0) is 20.5. The molecule has 0 atom stereocenters. The normalized spacial score (nSPS) is 14.9. The highest BCUT2D eigenvalue weighted by molar-refractivity contribution is 9.10. The number of hydrogen-bond donors (Lipinski definition) is 0. The Morgan fingerprint density at radius 1 is 1.18 bits per heavy atom. The van der Waals surface area contributed by atoms with Gasteiger partial charge in [-0.2, -0.15) is 13.2 Å². The van der Waals surface area contributed by atoms with Crippen molar-refractivity contribution in [3.8, 4) is 17.2 Å².